The van der Waals surface area contributed by atoms with Crippen molar-refractivity contribution in [3.05, 3.63) is 58.9 Å². The van der Waals surface area contributed by atoms with Crippen molar-refractivity contribution in [3.8, 4) is 0 Å². The van der Waals surface area contributed by atoms with E-state index in [1.807, 2.05) is 32.0 Å². The Kier molecular flexibility index (Phi) is 3.74. The van der Waals surface area contributed by atoms with Gasteiger partial charge in [0.15, 0.2) is 0 Å². The van der Waals surface area contributed by atoms with Gasteiger partial charge in [0.25, 0.3) is 0 Å². The molecule has 3 nitrogen and oxygen atoms in total. The summed E-state index contributed by atoms with van der Waals surface area (Å²) in [5, 5.41) is 9.20. The van der Waals surface area contributed by atoms with Crippen LogP contribution in [0.2, 0.25) is 0 Å². The van der Waals surface area contributed by atoms with Crippen LogP contribution in [0.15, 0.2) is 36.4 Å². The van der Waals surface area contributed by atoms with Gasteiger partial charge in [-0.05, 0) is 49.2 Å². The van der Waals surface area contributed by atoms with Crippen LogP contribution in [0.5, 0.6) is 0 Å². The summed E-state index contributed by atoms with van der Waals surface area (Å²) >= 11 is 0. The lowest BCUT2D eigenvalue weighted by Crippen LogP contribution is -2.16. The molecule has 2 rings (SSSR count). The zero-order valence-corrected chi connectivity index (χ0v) is 11.6. The van der Waals surface area contributed by atoms with Gasteiger partial charge < -0.3 is 10.0 Å². The summed E-state index contributed by atoms with van der Waals surface area (Å²) in [7, 11) is 1.67. The second-order valence-electron chi connectivity index (χ2n) is 4.85. The lowest BCUT2D eigenvalue weighted by molar-refractivity contribution is 0.0697. The molecule has 4 heteroatoms. The van der Waals surface area contributed by atoms with Crippen LogP contribution in [0, 0.1) is 19.7 Å². The summed E-state index contributed by atoms with van der Waals surface area (Å²) in [6.45, 7) is 3.90. The van der Waals surface area contributed by atoms with Gasteiger partial charge >= 0.3 is 5.97 Å². The maximum absolute atomic E-state index is 14.0. The monoisotopic (exact) mass is 273 g/mol. The average Bonchev–Trinajstić information content (AvgIpc) is 2.36. The Bertz CT molecular complexity index is 647. The Labute approximate surface area is 117 Å². The number of hydrogen-bond acceptors (Lipinski definition) is 2. The molecular weight excluding hydrogens is 257 g/mol. The van der Waals surface area contributed by atoms with Crippen molar-refractivity contribution in [1.29, 1.82) is 0 Å². The number of hydrogen-bond donors (Lipinski definition) is 1. The SMILES string of the molecule is Cc1cc(C)cc(N(C)c2c(F)cccc2C(=O)O)c1. The van der Waals surface area contributed by atoms with Gasteiger partial charge in [-0.1, -0.05) is 12.1 Å². The highest BCUT2D eigenvalue weighted by molar-refractivity contribution is 5.95. The summed E-state index contributed by atoms with van der Waals surface area (Å²) in [5.41, 5.74) is 2.87. The number of aryl methyl sites for hydroxylation is 2. The van der Waals surface area contributed by atoms with Crippen molar-refractivity contribution in [2.45, 2.75) is 13.8 Å². The largest absolute Gasteiger partial charge is 0.478 e. The average molecular weight is 273 g/mol. The molecule has 0 bridgehead atoms. The van der Waals surface area contributed by atoms with Crippen molar-refractivity contribution in [2.75, 3.05) is 11.9 Å². The highest BCUT2D eigenvalue weighted by atomic mass is 19.1. The number of benzene rings is 2. The van der Waals surface area contributed by atoms with E-state index in [0.29, 0.717) is 0 Å². The molecule has 0 radical (unpaired) electrons. The fourth-order valence-corrected chi connectivity index (χ4v) is 2.30. The Balaban J connectivity index is 2.58. The molecule has 0 heterocycles. The number of anilines is 2. The van der Waals surface area contributed by atoms with Crippen LogP contribution in [0.1, 0.15) is 21.5 Å². The van der Waals surface area contributed by atoms with Crippen LogP contribution in [-0.4, -0.2) is 18.1 Å². The number of carboxylic acids is 1. The van der Waals surface area contributed by atoms with Crippen molar-refractivity contribution in [1.82, 2.24) is 0 Å². The molecule has 0 aromatic heterocycles. The van der Waals surface area contributed by atoms with Gasteiger partial charge in [0, 0.05) is 12.7 Å². The van der Waals surface area contributed by atoms with E-state index in [0.717, 1.165) is 16.8 Å². The molecule has 0 atom stereocenters. The van der Waals surface area contributed by atoms with Gasteiger partial charge in [-0.3, -0.25) is 0 Å². The molecule has 0 aliphatic carbocycles. The maximum Gasteiger partial charge on any atom is 0.337 e. The molecule has 0 aliphatic rings. The Morgan fingerprint density at radius 3 is 2.30 bits per heavy atom. The van der Waals surface area contributed by atoms with Gasteiger partial charge in [-0.2, -0.15) is 0 Å². The summed E-state index contributed by atoms with van der Waals surface area (Å²) in [6.07, 6.45) is 0. The van der Waals surface area contributed by atoms with Crippen LogP contribution < -0.4 is 4.90 Å². The summed E-state index contributed by atoms with van der Waals surface area (Å²) in [4.78, 5) is 12.8. The number of rotatable bonds is 3. The molecule has 1 N–H and O–H groups in total. The first-order valence-electron chi connectivity index (χ1n) is 6.24. The van der Waals surface area contributed by atoms with Crippen molar-refractivity contribution in [2.24, 2.45) is 0 Å². The Morgan fingerprint density at radius 1 is 1.15 bits per heavy atom. The van der Waals surface area contributed by atoms with E-state index in [9.17, 15) is 14.3 Å². The van der Waals surface area contributed by atoms with Crippen LogP contribution in [-0.2, 0) is 0 Å². The van der Waals surface area contributed by atoms with Gasteiger partial charge in [-0.15, -0.1) is 0 Å². The van der Waals surface area contributed by atoms with Crippen LogP contribution >= 0.6 is 0 Å². The highest BCUT2D eigenvalue weighted by Gasteiger charge is 2.19. The van der Waals surface area contributed by atoms with Gasteiger partial charge in [0.2, 0.25) is 0 Å². The number of aromatic carboxylic acids is 1. The third-order valence-electron chi connectivity index (χ3n) is 3.15. The first-order valence-corrected chi connectivity index (χ1v) is 6.24. The lowest BCUT2D eigenvalue weighted by Gasteiger charge is -2.23. The smallest absolute Gasteiger partial charge is 0.337 e. The van der Waals surface area contributed by atoms with E-state index < -0.39 is 11.8 Å². The quantitative estimate of drug-likeness (QED) is 0.921. The van der Waals surface area contributed by atoms with Crippen LogP contribution in [0.25, 0.3) is 0 Å². The topological polar surface area (TPSA) is 40.5 Å². The molecule has 20 heavy (non-hydrogen) atoms. The molecule has 2 aromatic rings. The third kappa shape index (κ3) is 2.64. The highest BCUT2D eigenvalue weighted by Crippen LogP contribution is 2.31. The van der Waals surface area contributed by atoms with Gasteiger partial charge in [0.1, 0.15) is 5.82 Å². The molecule has 0 saturated heterocycles. The molecule has 0 aliphatic heterocycles. The van der Waals surface area contributed by atoms with Gasteiger partial charge in [-0.25, -0.2) is 9.18 Å². The van der Waals surface area contributed by atoms with E-state index in [1.54, 1.807) is 11.9 Å². The number of carbonyl (C=O) groups is 1. The Morgan fingerprint density at radius 2 is 1.75 bits per heavy atom. The minimum absolute atomic E-state index is 0.0494. The summed E-state index contributed by atoms with van der Waals surface area (Å²) in [6, 6.07) is 9.87. The van der Waals surface area contributed by atoms with E-state index in [2.05, 4.69) is 0 Å². The summed E-state index contributed by atoms with van der Waals surface area (Å²) < 4.78 is 14.0. The molecule has 104 valence electrons. The van der Waals surface area contributed by atoms with Crippen LogP contribution in [0.4, 0.5) is 15.8 Å². The van der Waals surface area contributed by atoms with E-state index in [4.69, 9.17) is 0 Å². The fraction of sp³-hybridized carbons (Fsp3) is 0.188. The molecule has 0 spiro atoms. The van der Waals surface area contributed by atoms with Gasteiger partial charge in [0.05, 0.1) is 11.3 Å². The minimum atomic E-state index is -1.14. The zero-order valence-electron chi connectivity index (χ0n) is 11.6. The number of para-hydroxylation sites is 1. The molecule has 0 fully saturated rings. The van der Waals surface area contributed by atoms with Crippen LogP contribution in [0.3, 0.4) is 0 Å². The molecular formula is C16H16FNO2. The standard InChI is InChI=1S/C16H16FNO2/c1-10-7-11(2)9-12(8-10)18(3)15-13(16(19)20)5-4-6-14(15)17/h4-9H,1-3H3,(H,19,20). The van der Waals surface area contributed by atoms with E-state index >= 15 is 0 Å². The van der Waals surface area contributed by atoms with Crippen molar-refractivity contribution >= 4 is 17.3 Å². The second kappa shape index (κ2) is 5.33. The lowest BCUT2D eigenvalue weighted by atomic mass is 10.1. The fourth-order valence-electron chi connectivity index (χ4n) is 2.30. The predicted molar refractivity (Wildman–Crippen MR) is 77.3 cm³/mol. The summed E-state index contributed by atoms with van der Waals surface area (Å²) in [5.74, 6) is -1.69. The van der Waals surface area contributed by atoms with Crippen molar-refractivity contribution < 1.29 is 14.3 Å². The molecule has 0 saturated carbocycles. The Hall–Kier alpha value is -2.36. The van der Waals surface area contributed by atoms with E-state index in [1.165, 1.54) is 18.2 Å². The number of nitrogens with zero attached hydrogens (tertiary/aromatic N) is 1. The molecule has 0 amide bonds. The van der Waals surface area contributed by atoms with Crippen molar-refractivity contribution in [3.63, 3.8) is 0 Å². The normalized spacial score (nSPS) is 10.4. The first-order chi connectivity index (χ1) is 9.40. The number of carboxylic acid groups (broad SMARTS) is 1. The predicted octanol–water partition coefficient (Wildman–Crippen LogP) is 3.91. The molecule has 0 unspecified atom stereocenters. The maximum atomic E-state index is 14.0. The van der Waals surface area contributed by atoms with E-state index in [-0.39, 0.29) is 11.3 Å². The second-order valence-corrected chi connectivity index (χ2v) is 4.85. The minimum Gasteiger partial charge on any atom is -0.478 e. The molecule has 2 aromatic carbocycles. The zero-order chi connectivity index (χ0) is 14.9. The third-order valence-corrected chi connectivity index (χ3v) is 3.15. The first kappa shape index (κ1) is 14.1. The number of halogens is 1.